The summed E-state index contributed by atoms with van der Waals surface area (Å²) in [6, 6.07) is 13.5. The van der Waals surface area contributed by atoms with E-state index in [1.807, 2.05) is 12.1 Å². The molecular formula is C24H25N3O6. The highest BCUT2D eigenvalue weighted by Crippen LogP contribution is 2.32. The summed E-state index contributed by atoms with van der Waals surface area (Å²) in [4.78, 5) is 28.3. The number of hydrogen-bond acceptors (Lipinski definition) is 7. The smallest absolute Gasteiger partial charge is 0.257 e. The predicted molar refractivity (Wildman–Crippen MR) is 122 cm³/mol. The summed E-state index contributed by atoms with van der Waals surface area (Å²) in [5.74, 6) is 1.08. The van der Waals surface area contributed by atoms with Gasteiger partial charge >= 0.3 is 0 Å². The Kier molecular flexibility index (Phi) is 8.07. The van der Waals surface area contributed by atoms with Gasteiger partial charge in [0.05, 0.1) is 14.2 Å². The van der Waals surface area contributed by atoms with Crippen LogP contribution in [0.15, 0.2) is 60.9 Å². The third-order valence-corrected chi connectivity index (χ3v) is 4.60. The fourth-order valence-corrected chi connectivity index (χ4v) is 2.86. The molecule has 0 fully saturated rings. The highest BCUT2D eigenvalue weighted by atomic mass is 16.5. The Hall–Kier alpha value is -4.27. The van der Waals surface area contributed by atoms with Crippen molar-refractivity contribution < 1.29 is 28.5 Å². The fraction of sp³-hybridized carbons (Fsp3) is 0.208. The van der Waals surface area contributed by atoms with E-state index < -0.39 is 0 Å². The summed E-state index contributed by atoms with van der Waals surface area (Å²) in [6.07, 6.45) is 3.41. The molecule has 172 valence electrons. The molecule has 0 saturated carbocycles. The van der Waals surface area contributed by atoms with Gasteiger partial charge in [0, 0.05) is 42.3 Å². The van der Waals surface area contributed by atoms with Gasteiger partial charge in [-0.1, -0.05) is 6.07 Å². The molecule has 2 aromatic carbocycles. The lowest BCUT2D eigenvalue weighted by atomic mass is 10.1. The maximum Gasteiger partial charge on any atom is 0.257 e. The Morgan fingerprint density at radius 3 is 2.39 bits per heavy atom. The zero-order valence-electron chi connectivity index (χ0n) is 18.6. The lowest BCUT2D eigenvalue weighted by Gasteiger charge is -2.14. The van der Waals surface area contributed by atoms with Gasteiger partial charge in [0.1, 0.15) is 6.61 Å². The van der Waals surface area contributed by atoms with Crippen molar-refractivity contribution in [3.8, 4) is 23.0 Å². The molecule has 0 unspecified atom stereocenters. The van der Waals surface area contributed by atoms with Crippen LogP contribution in [0.4, 0.5) is 5.69 Å². The number of hydrogen-bond donors (Lipinski definition) is 2. The second kappa shape index (κ2) is 11.4. The van der Waals surface area contributed by atoms with E-state index >= 15 is 0 Å². The van der Waals surface area contributed by atoms with E-state index in [0.717, 1.165) is 5.56 Å². The van der Waals surface area contributed by atoms with Crippen molar-refractivity contribution in [2.24, 2.45) is 0 Å². The maximum absolute atomic E-state index is 12.8. The van der Waals surface area contributed by atoms with Gasteiger partial charge in [0.15, 0.2) is 29.6 Å². The molecule has 2 amide bonds. The molecule has 0 aliphatic rings. The van der Waals surface area contributed by atoms with Crippen molar-refractivity contribution in [3.05, 3.63) is 72.1 Å². The van der Waals surface area contributed by atoms with Crippen LogP contribution < -0.4 is 29.6 Å². The third-order valence-electron chi connectivity index (χ3n) is 4.60. The number of likely N-dealkylation sites (N-methyl/N-ethyl adjacent to an activating group) is 1. The van der Waals surface area contributed by atoms with Crippen LogP contribution in [0.2, 0.25) is 0 Å². The quantitative estimate of drug-likeness (QED) is 0.488. The molecule has 2 N–H and O–H groups in total. The van der Waals surface area contributed by atoms with Crippen molar-refractivity contribution in [3.63, 3.8) is 0 Å². The van der Waals surface area contributed by atoms with Crippen LogP contribution in [0, 0.1) is 0 Å². The first-order valence-electron chi connectivity index (χ1n) is 10.1. The van der Waals surface area contributed by atoms with Gasteiger partial charge in [-0.05, 0) is 36.4 Å². The molecule has 9 nitrogen and oxygen atoms in total. The number of ether oxygens (including phenoxy) is 4. The molecule has 1 aromatic heterocycles. The minimum Gasteiger partial charge on any atom is -0.493 e. The Morgan fingerprint density at radius 2 is 1.70 bits per heavy atom. The maximum atomic E-state index is 12.8. The monoisotopic (exact) mass is 451 g/mol. The molecule has 33 heavy (non-hydrogen) atoms. The van der Waals surface area contributed by atoms with Crippen LogP contribution in [0.1, 0.15) is 15.9 Å². The van der Waals surface area contributed by atoms with E-state index in [0.29, 0.717) is 40.9 Å². The van der Waals surface area contributed by atoms with Crippen molar-refractivity contribution in [1.82, 2.24) is 10.3 Å². The number of carbonyl (C=O) groups excluding carboxylic acids is 2. The summed E-state index contributed by atoms with van der Waals surface area (Å²) in [5.41, 5.74) is 1.79. The molecule has 0 spiro atoms. The number of nitrogens with zero attached hydrogens (tertiary/aromatic N) is 1. The molecule has 9 heteroatoms. The first-order chi connectivity index (χ1) is 16.0. The Bertz CT molecular complexity index is 1100. The lowest BCUT2D eigenvalue weighted by Crippen LogP contribution is -2.25. The highest BCUT2D eigenvalue weighted by molar-refractivity contribution is 6.04. The molecule has 1 heterocycles. The van der Waals surface area contributed by atoms with Crippen LogP contribution in [-0.4, -0.2) is 44.7 Å². The zero-order valence-corrected chi connectivity index (χ0v) is 18.6. The molecular weight excluding hydrogens is 426 g/mol. The van der Waals surface area contributed by atoms with Crippen molar-refractivity contribution in [2.45, 2.75) is 6.61 Å². The molecule has 0 saturated heterocycles. The average Bonchev–Trinajstić information content (AvgIpc) is 2.86. The van der Waals surface area contributed by atoms with E-state index in [-0.39, 0.29) is 18.4 Å². The number of rotatable bonds is 10. The van der Waals surface area contributed by atoms with Gasteiger partial charge < -0.3 is 29.6 Å². The van der Waals surface area contributed by atoms with Gasteiger partial charge in [0.2, 0.25) is 0 Å². The molecule has 0 aliphatic heterocycles. The highest BCUT2D eigenvalue weighted by Gasteiger charge is 2.14. The number of carbonyl (C=O) groups is 2. The van der Waals surface area contributed by atoms with Crippen molar-refractivity contribution >= 4 is 17.5 Å². The van der Waals surface area contributed by atoms with E-state index in [1.165, 1.54) is 20.2 Å². The zero-order chi connectivity index (χ0) is 23.6. The van der Waals surface area contributed by atoms with Crippen LogP contribution in [-0.2, 0) is 11.4 Å². The van der Waals surface area contributed by atoms with Crippen molar-refractivity contribution in [2.75, 3.05) is 33.2 Å². The molecule has 0 bridgehead atoms. The normalized spacial score (nSPS) is 10.2. The third kappa shape index (κ3) is 6.36. The Morgan fingerprint density at radius 1 is 0.909 bits per heavy atom. The number of benzene rings is 2. The summed E-state index contributed by atoms with van der Waals surface area (Å²) in [7, 11) is 4.52. The minimum absolute atomic E-state index is 0.161. The van der Waals surface area contributed by atoms with Crippen LogP contribution in [0.25, 0.3) is 0 Å². The van der Waals surface area contributed by atoms with Gasteiger partial charge in [-0.2, -0.15) is 0 Å². The van der Waals surface area contributed by atoms with Gasteiger partial charge in [0.25, 0.3) is 11.8 Å². The molecule has 0 radical (unpaired) electrons. The number of amides is 2. The van der Waals surface area contributed by atoms with Gasteiger partial charge in [-0.15, -0.1) is 0 Å². The average molecular weight is 451 g/mol. The molecule has 0 aliphatic carbocycles. The summed E-state index contributed by atoms with van der Waals surface area (Å²) >= 11 is 0. The van der Waals surface area contributed by atoms with E-state index in [9.17, 15) is 9.59 Å². The number of nitrogens with one attached hydrogen (secondary N) is 2. The fourth-order valence-electron chi connectivity index (χ4n) is 2.86. The van der Waals surface area contributed by atoms with E-state index in [2.05, 4.69) is 15.6 Å². The number of pyridine rings is 1. The molecule has 0 atom stereocenters. The second-order valence-corrected chi connectivity index (χ2v) is 6.80. The van der Waals surface area contributed by atoms with Crippen molar-refractivity contribution in [1.29, 1.82) is 0 Å². The number of anilines is 1. The topological polar surface area (TPSA) is 108 Å². The largest absolute Gasteiger partial charge is 0.493 e. The second-order valence-electron chi connectivity index (χ2n) is 6.80. The van der Waals surface area contributed by atoms with E-state index in [4.69, 9.17) is 18.9 Å². The Balaban J connectivity index is 1.72. The van der Waals surface area contributed by atoms with Gasteiger partial charge in [-0.25, -0.2) is 0 Å². The number of aromatic nitrogens is 1. The predicted octanol–water partition coefficient (Wildman–Crippen LogP) is 3.05. The summed E-state index contributed by atoms with van der Waals surface area (Å²) < 4.78 is 22.0. The number of methoxy groups -OCH3 is 2. The standard InChI is InChI=1S/C24H25N3O6/c1-25-23(28)15-33-20-8-6-17(11-21(20)31-3)24(29)27-18-7-9-19(30-2)22(12-18)32-14-16-5-4-10-26-13-16/h4-13H,14-15H2,1-3H3,(H,25,28)(H,27,29). The van der Waals surface area contributed by atoms with E-state index in [1.54, 1.807) is 49.8 Å². The van der Waals surface area contributed by atoms with Crippen LogP contribution in [0.3, 0.4) is 0 Å². The SMILES string of the molecule is CNC(=O)COc1ccc(C(=O)Nc2ccc(OC)c(OCc3cccnc3)c2)cc1OC. The summed E-state index contributed by atoms with van der Waals surface area (Å²) in [5, 5.41) is 5.30. The Labute approximate surface area is 191 Å². The van der Waals surface area contributed by atoms with Crippen LogP contribution in [0.5, 0.6) is 23.0 Å². The molecule has 3 aromatic rings. The molecule has 3 rings (SSSR count). The summed E-state index contributed by atoms with van der Waals surface area (Å²) in [6.45, 7) is 0.141. The first kappa shape index (κ1) is 23.4. The minimum atomic E-state index is -0.352. The lowest BCUT2D eigenvalue weighted by molar-refractivity contribution is -0.122. The van der Waals surface area contributed by atoms with Crippen LogP contribution >= 0.6 is 0 Å². The van der Waals surface area contributed by atoms with Gasteiger partial charge in [-0.3, -0.25) is 14.6 Å². The first-order valence-corrected chi connectivity index (χ1v) is 10.1.